The van der Waals surface area contributed by atoms with Crippen LogP contribution in [0.15, 0.2) is 36.5 Å². The Bertz CT molecular complexity index is 684. The molecule has 0 saturated heterocycles. The zero-order chi connectivity index (χ0) is 15.4. The second kappa shape index (κ2) is 6.37. The van der Waals surface area contributed by atoms with E-state index in [0.717, 1.165) is 5.56 Å². The number of hydrogen-bond donors (Lipinski definition) is 1. The summed E-state index contributed by atoms with van der Waals surface area (Å²) in [5.74, 6) is -0.878. The van der Waals surface area contributed by atoms with Crippen LogP contribution in [0.25, 0.3) is 0 Å². The van der Waals surface area contributed by atoms with Gasteiger partial charge in [0.2, 0.25) is 0 Å². The Hall–Kier alpha value is -2.40. The van der Waals surface area contributed by atoms with Crippen molar-refractivity contribution in [1.29, 1.82) is 0 Å². The van der Waals surface area contributed by atoms with Gasteiger partial charge >= 0.3 is 5.97 Å². The molecule has 1 N–H and O–H groups in total. The van der Waals surface area contributed by atoms with Crippen LogP contribution in [0.2, 0.25) is 5.02 Å². The lowest BCUT2D eigenvalue weighted by atomic mass is 10.2. The Morgan fingerprint density at radius 3 is 2.62 bits per heavy atom. The van der Waals surface area contributed by atoms with Crippen molar-refractivity contribution < 1.29 is 14.3 Å². The van der Waals surface area contributed by atoms with Crippen molar-refractivity contribution in [2.24, 2.45) is 0 Å². The van der Waals surface area contributed by atoms with Crippen LogP contribution in [-0.2, 0) is 4.74 Å². The second-order valence-corrected chi connectivity index (χ2v) is 4.70. The average Bonchev–Trinajstić information content (AvgIpc) is 2.51. The number of nitrogens with one attached hydrogen (secondary N) is 1. The average molecular weight is 305 g/mol. The third-order valence-corrected chi connectivity index (χ3v) is 3.34. The normalized spacial score (nSPS) is 10.0. The van der Waals surface area contributed by atoms with Crippen LogP contribution in [0, 0.1) is 6.92 Å². The summed E-state index contributed by atoms with van der Waals surface area (Å²) in [5, 5.41) is 3.30. The molecule has 0 radical (unpaired) electrons. The first-order chi connectivity index (χ1) is 10.0. The quantitative estimate of drug-likeness (QED) is 0.885. The Morgan fingerprint density at radius 1 is 1.24 bits per heavy atom. The maximum Gasteiger partial charge on any atom is 0.339 e. The number of amides is 1. The van der Waals surface area contributed by atoms with Crippen LogP contribution < -0.4 is 5.32 Å². The highest BCUT2D eigenvalue weighted by Crippen LogP contribution is 2.23. The van der Waals surface area contributed by atoms with Crippen LogP contribution in [0.5, 0.6) is 0 Å². The minimum atomic E-state index is -0.500. The topological polar surface area (TPSA) is 68.3 Å². The smallest absolute Gasteiger partial charge is 0.339 e. The first-order valence-electron chi connectivity index (χ1n) is 6.13. The number of esters is 1. The predicted molar refractivity (Wildman–Crippen MR) is 79.7 cm³/mol. The third kappa shape index (κ3) is 3.38. The molecule has 5 nitrogen and oxygen atoms in total. The van der Waals surface area contributed by atoms with Crippen LogP contribution in [0.4, 0.5) is 5.69 Å². The van der Waals surface area contributed by atoms with Gasteiger partial charge in [-0.05, 0) is 36.8 Å². The van der Waals surface area contributed by atoms with Gasteiger partial charge in [-0.1, -0.05) is 17.7 Å². The fraction of sp³-hybridized carbons (Fsp3) is 0.133. The molecular formula is C15H13ClN2O3. The number of carbonyl (C=O) groups excluding carboxylic acids is 2. The SMILES string of the molecule is COC(=O)c1ccc(C(=O)Nc2cccc(Cl)c2C)nc1. The number of rotatable bonds is 3. The van der Waals surface area contributed by atoms with E-state index in [1.54, 1.807) is 18.2 Å². The highest BCUT2D eigenvalue weighted by atomic mass is 35.5. The van der Waals surface area contributed by atoms with Gasteiger partial charge in [0.1, 0.15) is 5.69 Å². The number of halogens is 1. The maximum atomic E-state index is 12.1. The lowest BCUT2D eigenvalue weighted by molar-refractivity contribution is 0.0600. The zero-order valence-electron chi connectivity index (χ0n) is 11.5. The van der Waals surface area contributed by atoms with E-state index in [9.17, 15) is 9.59 Å². The molecule has 0 aliphatic heterocycles. The molecule has 6 heteroatoms. The molecule has 1 aromatic heterocycles. The fourth-order valence-corrected chi connectivity index (χ4v) is 1.87. The number of pyridine rings is 1. The first-order valence-corrected chi connectivity index (χ1v) is 6.51. The monoisotopic (exact) mass is 304 g/mol. The summed E-state index contributed by atoms with van der Waals surface area (Å²) in [6.07, 6.45) is 1.30. The number of nitrogens with zero attached hydrogens (tertiary/aromatic N) is 1. The maximum absolute atomic E-state index is 12.1. The van der Waals surface area contributed by atoms with E-state index in [2.05, 4.69) is 15.0 Å². The van der Waals surface area contributed by atoms with Crippen molar-refractivity contribution in [3.63, 3.8) is 0 Å². The van der Waals surface area contributed by atoms with Gasteiger partial charge in [-0.25, -0.2) is 4.79 Å². The molecule has 0 saturated carbocycles. The summed E-state index contributed by atoms with van der Waals surface area (Å²) >= 11 is 6.00. The molecule has 1 amide bonds. The molecule has 1 heterocycles. The second-order valence-electron chi connectivity index (χ2n) is 4.29. The minimum absolute atomic E-state index is 0.196. The molecule has 21 heavy (non-hydrogen) atoms. The molecule has 0 aliphatic carbocycles. The molecule has 2 aromatic rings. The summed E-state index contributed by atoms with van der Waals surface area (Å²) < 4.78 is 4.57. The van der Waals surface area contributed by atoms with Crippen molar-refractivity contribution in [3.8, 4) is 0 Å². The molecule has 0 spiro atoms. The molecule has 2 rings (SSSR count). The lowest BCUT2D eigenvalue weighted by Crippen LogP contribution is -2.15. The van der Waals surface area contributed by atoms with E-state index in [-0.39, 0.29) is 17.2 Å². The van der Waals surface area contributed by atoms with Gasteiger partial charge in [-0.3, -0.25) is 9.78 Å². The first kappa shape index (κ1) is 15.0. The van der Waals surface area contributed by atoms with Crippen molar-refractivity contribution >= 4 is 29.2 Å². The summed E-state index contributed by atoms with van der Waals surface area (Å²) in [4.78, 5) is 27.3. The summed E-state index contributed by atoms with van der Waals surface area (Å²) in [5.41, 5.74) is 1.88. The molecular weight excluding hydrogens is 292 g/mol. The molecule has 108 valence electrons. The van der Waals surface area contributed by atoms with Crippen molar-refractivity contribution in [3.05, 3.63) is 58.4 Å². The molecule has 1 aromatic carbocycles. The van der Waals surface area contributed by atoms with Crippen molar-refractivity contribution in [2.45, 2.75) is 6.92 Å². The summed E-state index contributed by atoms with van der Waals surface area (Å²) in [7, 11) is 1.28. The van der Waals surface area contributed by atoms with E-state index in [1.807, 2.05) is 6.92 Å². The number of anilines is 1. The van der Waals surface area contributed by atoms with Crippen LogP contribution in [-0.4, -0.2) is 24.0 Å². The number of benzene rings is 1. The third-order valence-electron chi connectivity index (χ3n) is 2.93. The van der Waals surface area contributed by atoms with Gasteiger partial charge in [0.15, 0.2) is 0 Å². The van der Waals surface area contributed by atoms with Crippen molar-refractivity contribution in [2.75, 3.05) is 12.4 Å². The number of carbonyl (C=O) groups is 2. The summed E-state index contributed by atoms with van der Waals surface area (Å²) in [6.45, 7) is 1.81. The van der Waals surface area contributed by atoms with E-state index in [4.69, 9.17) is 11.6 Å². The molecule has 0 atom stereocenters. The Morgan fingerprint density at radius 2 is 2.00 bits per heavy atom. The summed E-state index contributed by atoms with van der Waals surface area (Å²) in [6, 6.07) is 8.19. The molecule has 0 bridgehead atoms. The Labute approximate surface area is 126 Å². The van der Waals surface area contributed by atoms with E-state index in [0.29, 0.717) is 10.7 Å². The van der Waals surface area contributed by atoms with E-state index in [1.165, 1.54) is 25.4 Å². The lowest BCUT2D eigenvalue weighted by Gasteiger charge is -2.09. The van der Waals surface area contributed by atoms with E-state index < -0.39 is 5.97 Å². The van der Waals surface area contributed by atoms with Gasteiger partial charge < -0.3 is 10.1 Å². The van der Waals surface area contributed by atoms with E-state index >= 15 is 0 Å². The van der Waals surface area contributed by atoms with Crippen LogP contribution in [0.1, 0.15) is 26.4 Å². The zero-order valence-corrected chi connectivity index (χ0v) is 12.3. The van der Waals surface area contributed by atoms with Crippen molar-refractivity contribution in [1.82, 2.24) is 4.98 Å². The Balaban J connectivity index is 2.17. The van der Waals surface area contributed by atoms with Gasteiger partial charge in [-0.2, -0.15) is 0 Å². The van der Waals surface area contributed by atoms with Gasteiger partial charge in [0.25, 0.3) is 5.91 Å². The van der Waals surface area contributed by atoms with Gasteiger partial charge in [0.05, 0.1) is 12.7 Å². The molecule has 0 unspecified atom stereocenters. The fourth-order valence-electron chi connectivity index (χ4n) is 1.70. The van der Waals surface area contributed by atoms with Crippen LogP contribution in [0.3, 0.4) is 0 Å². The highest BCUT2D eigenvalue weighted by Gasteiger charge is 2.12. The number of ether oxygens (including phenoxy) is 1. The Kier molecular flexibility index (Phi) is 4.55. The standard InChI is InChI=1S/C15H13ClN2O3/c1-9-11(16)4-3-5-12(9)18-14(19)13-7-6-10(8-17-13)15(20)21-2/h3-8H,1-2H3,(H,18,19). The van der Waals surface area contributed by atoms with Gasteiger partial charge in [-0.15, -0.1) is 0 Å². The number of aromatic nitrogens is 1. The predicted octanol–water partition coefficient (Wildman–Crippen LogP) is 3.08. The van der Waals surface area contributed by atoms with Crippen LogP contribution >= 0.6 is 11.6 Å². The number of methoxy groups -OCH3 is 1. The highest BCUT2D eigenvalue weighted by molar-refractivity contribution is 6.31. The van der Waals surface area contributed by atoms with Gasteiger partial charge in [0, 0.05) is 16.9 Å². The largest absolute Gasteiger partial charge is 0.465 e. The molecule has 0 aliphatic rings. The number of hydrogen-bond acceptors (Lipinski definition) is 4. The molecule has 0 fully saturated rings. The minimum Gasteiger partial charge on any atom is -0.465 e.